The minimum absolute atomic E-state index is 0.0862. The van der Waals surface area contributed by atoms with E-state index in [1.807, 2.05) is 0 Å². The summed E-state index contributed by atoms with van der Waals surface area (Å²) in [6.07, 6.45) is 0.846. The number of carbonyl (C=O) groups is 1. The van der Waals surface area contributed by atoms with Crippen LogP contribution in [0.3, 0.4) is 0 Å². The molecule has 3 rings (SSSR count). The minimum atomic E-state index is -3.82. The molecule has 0 unspecified atom stereocenters. The van der Waals surface area contributed by atoms with Gasteiger partial charge in [0.15, 0.2) is 0 Å². The van der Waals surface area contributed by atoms with Crippen molar-refractivity contribution < 1.29 is 22.7 Å². The molecule has 0 spiro atoms. The quantitative estimate of drug-likeness (QED) is 0.576. The van der Waals surface area contributed by atoms with E-state index in [-0.39, 0.29) is 39.9 Å². The first-order valence-corrected chi connectivity index (χ1v) is 12.0. The Morgan fingerprint density at radius 2 is 1.65 bits per heavy atom. The highest BCUT2D eigenvalue weighted by molar-refractivity contribution is 7.89. The fourth-order valence-corrected chi connectivity index (χ4v) is 5.94. The Morgan fingerprint density at radius 3 is 2.23 bits per heavy atom. The van der Waals surface area contributed by atoms with Gasteiger partial charge in [-0.2, -0.15) is 4.31 Å². The summed E-state index contributed by atoms with van der Waals surface area (Å²) in [7, 11) is -2.23. The molecule has 0 aromatic heterocycles. The number of nitrogens with one attached hydrogen (secondary N) is 1. The van der Waals surface area contributed by atoms with Crippen molar-refractivity contribution in [1.29, 1.82) is 0 Å². The topological polar surface area (TPSA) is 84.9 Å². The third-order valence-corrected chi connectivity index (χ3v) is 7.93. The highest BCUT2D eigenvalue weighted by Gasteiger charge is 2.34. The number of methoxy groups -OCH3 is 1. The van der Waals surface area contributed by atoms with Gasteiger partial charge in [0.25, 0.3) is 0 Å². The fourth-order valence-electron chi connectivity index (χ4n) is 3.38. The average Bonchev–Trinajstić information content (AvgIpc) is 2.77. The molecule has 31 heavy (non-hydrogen) atoms. The molecule has 0 saturated carbocycles. The van der Waals surface area contributed by atoms with Crippen molar-refractivity contribution in [3.8, 4) is 11.5 Å². The highest BCUT2D eigenvalue weighted by atomic mass is 35.5. The third-order valence-electron chi connectivity index (χ3n) is 5.07. The van der Waals surface area contributed by atoms with Gasteiger partial charge in [0.05, 0.1) is 23.7 Å². The summed E-state index contributed by atoms with van der Waals surface area (Å²) in [6.45, 7) is 1.14. The number of piperidine rings is 1. The Balaban J connectivity index is 1.46. The van der Waals surface area contributed by atoms with E-state index < -0.39 is 10.0 Å². The minimum Gasteiger partial charge on any atom is -0.497 e. The summed E-state index contributed by atoms with van der Waals surface area (Å²) in [6, 6.07) is 11.8. The van der Waals surface area contributed by atoms with Gasteiger partial charge in [-0.05, 0) is 49.2 Å². The number of benzene rings is 2. The lowest BCUT2D eigenvalue weighted by atomic mass is 9.97. The number of ether oxygens (including phenoxy) is 2. The van der Waals surface area contributed by atoms with E-state index in [2.05, 4.69) is 5.32 Å². The highest BCUT2D eigenvalue weighted by Crippen LogP contribution is 2.33. The van der Waals surface area contributed by atoms with Crippen molar-refractivity contribution in [3.05, 3.63) is 52.5 Å². The Bertz CT molecular complexity index is 987. The summed E-state index contributed by atoms with van der Waals surface area (Å²) in [5.74, 6) is 1.07. The maximum atomic E-state index is 12.9. The number of hydrogen-bond acceptors (Lipinski definition) is 5. The number of amides is 1. The monoisotopic (exact) mass is 486 g/mol. The molecule has 1 N–H and O–H groups in total. The second kappa shape index (κ2) is 10.5. The number of nitrogens with zero attached hydrogens (tertiary/aromatic N) is 1. The first kappa shape index (κ1) is 23.7. The van der Waals surface area contributed by atoms with E-state index in [1.165, 1.54) is 16.4 Å². The maximum Gasteiger partial charge on any atom is 0.246 e. The van der Waals surface area contributed by atoms with Crippen LogP contribution in [0.25, 0.3) is 0 Å². The summed E-state index contributed by atoms with van der Waals surface area (Å²) < 4.78 is 37.9. The van der Waals surface area contributed by atoms with E-state index >= 15 is 0 Å². The molecule has 1 saturated heterocycles. The van der Waals surface area contributed by atoms with Crippen LogP contribution in [0, 0.1) is 5.92 Å². The van der Waals surface area contributed by atoms with Crippen molar-refractivity contribution in [2.24, 2.45) is 5.92 Å². The first-order valence-electron chi connectivity index (χ1n) is 9.81. The van der Waals surface area contributed by atoms with E-state index in [4.69, 9.17) is 32.7 Å². The summed E-state index contributed by atoms with van der Waals surface area (Å²) in [5, 5.41) is 3.02. The zero-order valence-corrected chi connectivity index (χ0v) is 19.3. The summed E-state index contributed by atoms with van der Waals surface area (Å²) in [5.41, 5.74) is 0. The third kappa shape index (κ3) is 5.83. The van der Waals surface area contributed by atoms with Crippen LogP contribution in [0.1, 0.15) is 12.8 Å². The van der Waals surface area contributed by atoms with E-state index in [0.717, 1.165) is 5.75 Å². The summed E-state index contributed by atoms with van der Waals surface area (Å²) in [4.78, 5) is 12.3. The Labute approximate surface area is 192 Å². The van der Waals surface area contributed by atoms with Crippen LogP contribution in [0.2, 0.25) is 10.0 Å². The molecule has 1 amide bonds. The van der Waals surface area contributed by atoms with Gasteiger partial charge >= 0.3 is 0 Å². The largest absolute Gasteiger partial charge is 0.497 e. The standard InChI is InChI=1S/C21H24Cl2N2O5S/c1-29-16-5-7-17(8-6-16)30-14-11-24-21(26)15-9-12-25(13-10-15)31(27,28)20-18(22)3-2-4-19(20)23/h2-8,15H,9-14H2,1H3,(H,24,26). The molecular formula is C21H24Cl2N2O5S. The van der Waals surface area contributed by atoms with Crippen molar-refractivity contribution in [1.82, 2.24) is 9.62 Å². The van der Waals surface area contributed by atoms with E-state index in [9.17, 15) is 13.2 Å². The second-order valence-electron chi connectivity index (χ2n) is 7.04. The van der Waals surface area contributed by atoms with Crippen LogP contribution in [0.4, 0.5) is 0 Å². The van der Waals surface area contributed by atoms with Gasteiger partial charge in [-0.1, -0.05) is 29.3 Å². The van der Waals surface area contributed by atoms with Crippen LogP contribution in [-0.4, -0.2) is 52.0 Å². The molecule has 7 nitrogen and oxygen atoms in total. The van der Waals surface area contributed by atoms with Crippen LogP contribution >= 0.6 is 23.2 Å². The molecule has 1 fully saturated rings. The van der Waals surface area contributed by atoms with Crippen LogP contribution in [0.15, 0.2) is 47.4 Å². The van der Waals surface area contributed by atoms with Crippen molar-refractivity contribution in [2.75, 3.05) is 33.4 Å². The van der Waals surface area contributed by atoms with Crippen molar-refractivity contribution >= 4 is 39.1 Å². The second-order valence-corrected chi connectivity index (χ2v) is 9.73. The smallest absolute Gasteiger partial charge is 0.246 e. The Kier molecular flexibility index (Phi) is 8.05. The molecular weight excluding hydrogens is 463 g/mol. The molecule has 168 valence electrons. The first-order chi connectivity index (χ1) is 14.8. The molecule has 2 aromatic rings. The van der Waals surface area contributed by atoms with Gasteiger partial charge in [-0.25, -0.2) is 8.42 Å². The lowest BCUT2D eigenvalue weighted by Gasteiger charge is -2.31. The summed E-state index contributed by atoms with van der Waals surface area (Å²) >= 11 is 12.1. The average molecular weight is 487 g/mol. The Hall–Kier alpha value is -2.00. The van der Waals surface area contributed by atoms with Gasteiger partial charge < -0.3 is 14.8 Å². The molecule has 0 radical (unpaired) electrons. The molecule has 0 bridgehead atoms. The fraction of sp³-hybridized carbons (Fsp3) is 0.381. The zero-order chi connectivity index (χ0) is 22.4. The van der Waals surface area contributed by atoms with Gasteiger partial charge in [0.1, 0.15) is 23.0 Å². The molecule has 1 aliphatic rings. The van der Waals surface area contributed by atoms with Gasteiger partial charge in [-0.15, -0.1) is 0 Å². The molecule has 1 aliphatic heterocycles. The SMILES string of the molecule is COc1ccc(OCCNC(=O)C2CCN(S(=O)(=O)c3c(Cl)cccc3Cl)CC2)cc1. The Morgan fingerprint density at radius 1 is 1.06 bits per heavy atom. The number of hydrogen-bond donors (Lipinski definition) is 1. The molecule has 0 aliphatic carbocycles. The normalized spacial score (nSPS) is 15.5. The van der Waals surface area contributed by atoms with Crippen LogP contribution in [-0.2, 0) is 14.8 Å². The molecule has 2 aromatic carbocycles. The zero-order valence-electron chi connectivity index (χ0n) is 17.0. The molecule has 10 heteroatoms. The maximum absolute atomic E-state index is 12.9. The van der Waals surface area contributed by atoms with E-state index in [0.29, 0.717) is 31.7 Å². The number of halogens is 2. The van der Waals surface area contributed by atoms with E-state index in [1.54, 1.807) is 37.4 Å². The van der Waals surface area contributed by atoms with Crippen molar-refractivity contribution in [3.63, 3.8) is 0 Å². The van der Waals surface area contributed by atoms with Gasteiger partial charge in [0, 0.05) is 19.0 Å². The molecule has 1 heterocycles. The predicted octanol–water partition coefficient (Wildman–Crippen LogP) is 3.60. The lowest BCUT2D eigenvalue weighted by molar-refractivity contribution is -0.126. The van der Waals surface area contributed by atoms with Gasteiger partial charge in [-0.3, -0.25) is 4.79 Å². The number of sulfonamides is 1. The number of carbonyl (C=O) groups excluding carboxylic acids is 1. The van der Waals surface area contributed by atoms with Gasteiger partial charge in [0.2, 0.25) is 15.9 Å². The number of rotatable bonds is 8. The van der Waals surface area contributed by atoms with Crippen LogP contribution in [0.5, 0.6) is 11.5 Å². The van der Waals surface area contributed by atoms with Crippen LogP contribution < -0.4 is 14.8 Å². The predicted molar refractivity (Wildman–Crippen MR) is 119 cm³/mol. The lowest BCUT2D eigenvalue weighted by Crippen LogP contribution is -2.43. The van der Waals surface area contributed by atoms with Crippen molar-refractivity contribution in [2.45, 2.75) is 17.7 Å². The molecule has 0 atom stereocenters.